The van der Waals surface area contributed by atoms with Crippen molar-refractivity contribution < 1.29 is 4.74 Å². The van der Waals surface area contributed by atoms with E-state index >= 15 is 0 Å². The van der Waals surface area contributed by atoms with Gasteiger partial charge in [-0.3, -0.25) is 4.98 Å². The minimum absolute atomic E-state index is 0.256. The molecule has 4 heteroatoms. The van der Waals surface area contributed by atoms with Crippen LogP contribution in [-0.4, -0.2) is 29.7 Å². The summed E-state index contributed by atoms with van der Waals surface area (Å²) in [6, 6.07) is 0.256. The van der Waals surface area contributed by atoms with Gasteiger partial charge in [0.2, 0.25) is 0 Å². The fraction of sp³-hybridized carbons (Fsp3) is 0.500. The molecule has 0 aliphatic heterocycles. The van der Waals surface area contributed by atoms with Crippen LogP contribution in [0.3, 0.4) is 0 Å². The Morgan fingerprint density at radius 1 is 1.58 bits per heavy atom. The zero-order valence-corrected chi connectivity index (χ0v) is 7.32. The molecule has 1 aromatic rings. The third-order valence-corrected chi connectivity index (χ3v) is 1.37. The van der Waals surface area contributed by atoms with Crippen molar-refractivity contribution in [1.82, 2.24) is 9.97 Å². The monoisotopic (exact) mass is 167 g/mol. The zero-order chi connectivity index (χ0) is 8.81. The van der Waals surface area contributed by atoms with E-state index in [0.717, 1.165) is 5.82 Å². The van der Waals surface area contributed by atoms with Gasteiger partial charge >= 0.3 is 0 Å². The quantitative estimate of drug-likeness (QED) is 0.724. The predicted molar refractivity (Wildman–Crippen MR) is 47.0 cm³/mol. The van der Waals surface area contributed by atoms with E-state index in [-0.39, 0.29) is 6.04 Å². The third-order valence-electron chi connectivity index (χ3n) is 1.37. The van der Waals surface area contributed by atoms with E-state index in [1.54, 1.807) is 25.7 Å². The first kappa shape index (κ1) is 8.93. The molecule has 66 valence electrons. The molecule has 1 rings (SSSR count). The van der Waals surface area contributed by atoms with Gasteiger partial charge in [-0.05, 0) is 6.92 Å². The maximum atomic E-state index is 4.97. The lowest BCUT2D eigenvalue weighted by atomic mass is 10.3. The summed E-state index contributed by atoms with van der Waals surface area (Å²) in [7, 11) is 1.68. The van der Waals surface area contributed by atoms with Gasteiger partial charge in [-0.15, -0.1) is 0 Å². The highest BCUT2D eigenvalue weighted by Crippen LogP contribution is 1.99. The van der Waals surface area contributed by atoms with Crippen LogP contribution in [0.1, 0.15) is 6.92 Å². The van der Waals surface area contributed by atoms with Crippen LogP contribution in [-0.2, 0) is 4.74 Å². The molecular formula is C8H13N3O. The highest BCUT2D eigenvalue weighted by molar-refractivity contribution is 5.30. The SMILES string of the molecule is COCC(C)Nc1cnccn1. The van der Waals surface area contributed by atoms with Gasteiger partial charge in [0.25, 0.3) is 0 Å². The number of hydrogen-bond donors (Lipinski definition) is 1. The van der Waals surface area contributed by atoms with Gasteiger partial charge in [0.15, 0.2) is 0 Å². The normalized spacial score (nSPS) is 12.5. The first-order chi connectivity index (χ1) is 5.83. The van der Waals surface area contributed by atoms with Crippen molar-refractivity contribution in [1.29, 1.82) is 0 Å². The van der Waals surface area contributed by atoms with Crippen LogP contribution in [0.5, 0.6) is 0 Å². The average molecular weight is 167 g/mol. The Morgan fingerprint density at radius 3 is 3.00 bits per heavy atom. The minimum Gasteiger partial charge on any atom is -0.383 e. The second-order valence-corrected chi connectivity index (χ2v) is 2.59. The van der Waals surface area contributed by atoms with Gasteiger partial charge in [0, 0.05) is 25.5 Å². The molecule has 1 aromatic heterocycles. The van der Waals surface area contributed by atoms with Crippen LogP contribution in [0, 0.1) is 0 Å². The molecule has 0 spiro atoms. The lowest BCUT2D eigenvalue weighted by Gasteiger charge is -2.12. The van der Waals surface area contributed by atoms with E-state index in [0.29, 0.717) is 6.61 Å². The van der Waals surface area contributed by atoms with Crippen LogP contribution in [0.2, 0.25) is 0 Å². The second-order valence-electron chi connectivity index (χ2n) is 2.59. The molecule has 1 unspecified atom stereocenters. The second kappa shape index (κ2) is 4.66. The Morgan fingerprint density at radius 2 is 2.42 bits per heavy atom. The molecule has 0 saturated carbocycles. The molecule has 0 bridgehead atoms. The standard InChI is InChI=1S/C8H13N3O/c1-7(6-12-2)11-8-5-9-3-4-10-8/h3-5,7H,6H2,1-2H3,(H,10,11). The number of methoxy groups -OCH3 is 1. The Labute approximate surface area is 72.0 Å². The molecule has 0 amide bonds. The summed E-state index contributed by atoms with van der Waals surface area (Å²) < 4.78 is 4.97. The minimum atomic E-state index is 0.256. The van der Waals surface area contributed by atoms with Crippen molar-refractivity contribution in [3.63, 3.8) is 0 Å². The number of anilines is 1. The van der Waals surface area contributed by atoms with Gasteiger partial charge in [-0.2, -0.15) is 0 Å². The van der Waals surface area contributed by atoms with Crippen molar-refractivity contribution in [3.8, 4) is 0 Å². The van der Waals surface area contributed by atoms with E-state index in [1.165, 1.54) is 0 Å². The number of hydrogen-bond acceptors (Lipinski definition) is 4. The number of nitrogens with one attached hydrogen (secondary N) is 1. The number of ether oxygens (including phenoxy) is 1. The molecule has 0 aliphatic carbocycles. The van der Waals surface area contributed by atoms with E-state index in [9.17, 15) is 0 Å². The largest absolute Gasteiger partial charge is 0.383 e. The van der Waals surface area contributed by atoms with Gasteiger partial charge in [-0.1, -0.05) is 0 Å². The molecule has 12 heavy (non-hydrogen) atoms. The fourth-order valence-corrected chi connectivity index (χ4v) is 0.918. The number of rotatable bonds is 4. The third kappa shape index (κ3) is 2.84. The number of nitrogens with zero attached hydrogens (tertiary/aromatic N) is 2. The molecule has 0 radical (unpaired) electrons. The Balaban J connectivity index is 2.41. The summed E-state index contributed by atoms with van der Waals surface area (Å²) in [6.45, 7) is 2.69. The molecule has 1 N–H and O–H groups in total. The van der Waals surface area contributed by atoms with E-state index in [1.807, 2.05) is 6.92 Å². The van der Waals surface area contributed by atoms with Crippen LogP contribution in [0.15, 0.2) is 18.6 Å². The molecule has 1 heterocycles. The van der Waals surface area contributed by atoms with Crippen molar-refractivity contribution in [2.45, 2.75) is 13.0 Å². The molecule has 1 atom stereocenters. The van der Waals surface area contributed by atoms with Crippen LogP contribution in [0.4, 0.5) is 5.82 Å². The molecular weight excluding hydrogens is 154 g/mol. The summed E-state index contributed by atoms with van der Waals surface area (Å²) in [4.78, 5) is 8.00. The summed E-state index contributed by atoms with van der Waals surface area (Å²) in [5, 5.41) is 3.14. The first-order valence-electron chi connectivity index (χ1n) is 3.84. The molecule has 0 fully saturated rings. The maximum absolute atomic E-state index is 4.97. The Hall–Kier alpha value is -1.16. The number of aromatic nitrogens is 2. The van der Waals surface area contributed by atoms with Crippen molar-refractivity contribution in [2.75, 3.05) is 19.0 Å². The van der Waals surface area contributed by atoms with Gasteiger partial charge in [0.05, 0.1) is 12.8 Å². The maximum Gasteiger partial charge on any atom is 0.144 e. The summed E-state index contributed by atoms with van der Waals surface area (Å²) in [5.74, 6) is 0.780. The van der Waals surface area contributed by atoms with Crippen LogP contribution >= 0.6 is 0 Å². The molecule has 0 aliphatic rings. The van der Waals surface area contributed by atoms with Crippen molar-refractivity contribution in [3.05, 3.63) is 18.6 Å². The fourth-order valence-electron chi connectivity index (χ4n) is 0.918. The topological polar surface area (TPSA) is 47.0 Å². The summed E-state index contributed by atoms with van der Waals surface area (Å²) in [6.07, 6.45) is 4.99. The van der Waals surface area contributed by atoms with E-state index in [2.05, 4.69) is 15.3 Å². The zero-order valence-electron chi connectivity index (χ0n) is 7.32. The van der Waals surface area contributed by atoms with Crippen LogP contribution < -0.4 is 5.32 Å². The summed E-state index contributed by atoms with van der Waals surface area (Å²) >= 11 is 0. The van der Waals surface area contributed by atoms with Gasteiger partial charge in [0.1, 0.15) is 5.82 Å². The average Bonchev–Trinajstić information content (AvgIpc) is 2.06. The Kier molecular flexibility index (Phi) is 3.47. The highest BCUT2D eigenvalue weighted by atomic mass is 16.5. The summed E-state index contributed by atoms with van der Waals surface area (Å²) in [5.41, 5.74) is 0. The highest BCUT2D eigenvalue weighted by Gasteiger charge is 2.00. The predicted octanol–water partition coefficient (Wildman–Crippen LogP) is 0.923. The first-order valence-corrected chi connectivity index (χ1v) is 3.84. The van der Waals surface area contributed by atoms with Crippen LogP contribution in [0.25, 0.3) is 0 Å². The molecule has 0 saturated heterocycles. The van der Waals surface area contributed by atoms with E-state index in [4.69, 9.17) is 4.74 Å². The smallest absolute Gasteiger partial charge is 0.144 e. The van der Waals surface area contributed by atoms with E-state index < -0.39 is 0 Å². The van der Waals surface area contributed by atoms with Crippen molar-refractivity contribution >= 4 is 5.82 Å². The Bertz CT molecular complexity index is 215. The van der Waals surface area contributed by atoms with Crippen molar-refractivity contribution in [2.24, 2.45) is 0 Å². The molecule has 0 aromatic carbocycles. The molecule has 4 nitrogen and oxygen atoms in total. The lowest BCUT2D eigenvalue weighted by molar-refractivity contribution is 0.190. The van der Waals surface area contributed by atoms with Gasteiger partial charge in [-0.25, -0.2) is 4.98 Å². The lowest BCUT2D eigenvalue weighted by Crippen LogP contribution is -2.21. The van der Waals surface area contributed by atoms with Gasteiger partial charge < -0.3 is 10.1 Å².